The van der Waals surface area contributed by atoms with Crippen molar-refractivity contribution in [3.8, 4) is 0 Å². The summed E-state index contributed by atoms with van der Waals surface area (Å²) in [6.07, 6.45) is 0.705. The average molecular weight is 134 g/mol. The highest BCUT2D eigenvalue weighted by Gasteiger charge is 2.09. The summed E-state index contributed by atoms with van der Waals surface area (Å²) in [4.78, 5) is 10.4. The maximum absolute atomic E-state index is 10.4. The Hall–Kier alpha value is -0.0200. The van der Waals surface area contributed by atoms with Gasteiger partial charge in [-0.3, -0.25) is 4.79 Å². The molecule has 48 valence electrons. The third-order valence-electron chi connectivity index (χ3n) is 0.951. The fraction of sp³-hybridized carbons (Fsp3) is 0.800. The monoisotopic (exact) mass is 134 g/mol. The van der Waals surface area contributed by atoms with E-state index in [0.717, 1.165) is 0 Å². The third kappa shape index (κ3) is 2.33. The first kappa shape index (κ1) is 7.98. The van der Waals surface area contributed by atoms with Crippen molar-refractivity contribution in [3.63, 3.8) is 0 Å². The Labute approximate surface area is 53.5 Å². The molecular formula is C5H10O2S. The van der Waals surface area contributed by atoms with Crippen molar-refractivity contribution in [1.82, 2.24) is 0 Å². The summed E-state index contributed by atoms with van der Waals surface area (Å²) < 4.78 is 8.39. The Bertz CT molecular complexity index is 78.5. The number of carbonyl (C=O) groups is 1. The molecule has 0 heterocycles. The lowest BCUT2D eigenvalue weighted by Crippen LogP contribution is -2.10. The molecule has 0 saturated carbocycles. The van der Waals surface area contributed by atoms with E-state index in [2.05, 4.69) is 0 Å². The third-order valence-corrected chi connectivity index (χ3v) is 1.87. The van der Waals surface area contributed by atoms with E-state index < -0.39 is 0 Å². The van der Waals surface area contributed by atoms with Crippen LogP contribution in [0.3, 0.4) is 0 Å². The molecule has 0 aromatic heterocycles. The van der Waals surface area contributed by atoms with Gasteiger partial charge in [-0.05, 0) is 25.4 Å². The zero-order valence-corrected chi connectivity index (χ0v) is 5.86. The van der Waals surface area contributed by atoms with Gasteiger partial charge in [0.1, 0.15) is 5.78 Å². The van der Waals surface area contributed by atoms with E-state index in [0.29, 0.717) is 18.5 Å². The minimum Gasteiger partial charge on any atom is -0.329 e. The average Bonchev–Trinajstić information content (AvgIpc) is 1.69. The van der Waals surface area contributed by atoms with Crippen LogP contribution >= 0.6 is 12.0 Å². The van der Waals surface area contributed by atoms with Gasteiger partial charge in [-0.1, -0.05) is 6.92 Å². The first-order chi connectivity index (χ1) is 3.72. The largest absolute Gasteiger partial charge is 0.329 e. The molecule has 0 amide bonds. The molecule has 0 aliphatic heterocycles. The predicted octanol–water partition coefficient (Wildman–Crippen LogP) is 1.56. The Morgan fingerprint density at radius 1 is 1.88 bits per heavy atom. The first-order valence-electron chi connectivity index (χ1n) is 2.53. The maximum atomic E-state index is 10.4. The van der Waals surface area contributed by atoms with Gasteiger partial charge >= 0.3 is 0 Å². The van der Waals surface area contributed by atoms with Crippen LogP contribution in [-0.2, 0) is 4.79 Å². The van der Waals surface area contributed by atoms with Crippen LogP contribution in [0.2, 0.25) is 0 Å². The van der Waals surface area contributed by atoms with Crippen LogP contribution in [0.5, 0.6) is 0 Å². The van der Waals surface area contributed by atoms with E-state index in [9.17, 15) is 4.79 Å². The quantitative estimate of drug-likeness (QED) is 0.595. The van der Waals surface area contributed by atoms with Crippen LogP contribution in [-0.4, -0.2) is 15.6 Å². The van der Waals surface area contributed by atoms with Crippen LogP contribution in [0.25, 0.3) is 0 Å². The number of carbonyl (C=O) groups excluding carboxylic acids is 1. The Morgan fingerprint density at radius 3 is 2.38 bits per heavy atom. The summed E-state index contributed by atoms with van der Waals surface area (Å²) in [5.41, 5.74) is 0. The van der Waals surface area contributed by atoms with Crippen LogP contribution < -0.4 is 0 Å². The second-order valence-corrected chi connectivity index (χ2v) is 2.39. The van der Waals surface area contributed by atoms with E-state index in [4.69, 9.17) is 4.55 Å². The van der Waals surface area contributed by atoms with Gasteiger partial charge in [-0.25, -0.2) is 0 Å². The summed E-state index contributed by atoms with van der Waals surface area (Å²) in [6.45, 7) is 3.35. The number of Topliss-reactive ketones (excluding diaryl/α,β-unsaturated/α-hetero) is 1. The predicted molar refractivity (Wildman–Crippen MR) is 35.0 cm³/mol. The molecule has 0 bridgehead atoms. The van der Waals surface area contributed by atoms with Crippen LogP contribution in [0.1, 0.15) is 20.3 Å². The van der Waals surface area contributed by atoms with Crippen LogP contribution in [0, 0.1) is 0 Å². The van der Waals surface area contributed by atoms with Crippen molar-refractivity contribution in [2.75, 3.05) is 0 Å². The van der Waals surface area contributed by atoms with Crippen molar-refractivity contribution >= 4 is 17.8 Å². The lowest BCUT2D eigenvalue weighted by Gasteiger charge is -2.02. The van der Waals surface area contributed by atoms with Gasteiger partial charge in [0.15, 0.2) is 0 Å². The summed E-state index contributed by atoms with van der Waals surface area (Å²) in [5.74, 6) is 0.0417. The van der Waals surface area contributed by atoms with E-state index in [1.807, 2.05) is 6.92 Å². The van der Waals surface area contributed by atoms with Gasteiger partial charge in [0, 0.05) is 0 Å². The molecule has 0 radical (unpaired) electrons. The smallest absolute Gasteiger partial charge is 0.145 e. The second-order valence-electron chi connectivity index (χ2n) is 1.61. The highest BCUT2D eigenvalue weighted by atomic mass is 32.2. The minimum absolute atomic E-state index is 0.0417. The highest BCUT2D eigenvalue weighted by molar-refractivity contribution is 7.95. The molecule has 1 N–H and O–H groups in total. The molecule has 1 unspecified atom stereocenters. The molecule has 0 aromatic rings. The number of ketones is 1. The molecule has 0 fully saturated rings. The normalized spacial score (nSPS) is 13.4. The SMILES string of the molecule is CCC(SO)C(C)=O. The van der Waals surface area contributed by atoms with Gasteiger partial charge in [0.25, 0.3) is 0 Å². The van der Waals surface area contributed by atoms with Crippen molar-refractivity contribution < 1.29 is 9.35 Å². The lowest BCUT2D eigenvalue weighted by atomic mass is 10.2. The second kappa shape index (κ2) is 3.92. The topological polar surface area (TPSA) is 37.3 Å². The summed E-state index contributed by atoms with van der Waals surface area (Å²) in [6, 6.07) is 0. The molecule has 2 nitrogen and oxygen atoms in total. The van der Waals surface area contributed by atoms with Crippen molar-refractivity contribution in [1.29, 1.82) is 0 Å². The number of hydrogen-bond acceptors (Lipinski definition) is 3. The zero-order valence-electron chi connectivity index (χ0n) is 5.05. The van der Waals surface area contributed by atoms with Gasteiger partial charge < -0.3 is 4.55 Å². The fourth-order valence-electron chi connectivity index (χ4n) is 0.436. The minimum atomic E-state index is -0.213. The Balaban J connectivity index is 3.52. The van der Waals surface area contributed by atoms with E-state index in [-0.39, 0.29) is 11.0 Å². The van der Waals surface area contributed by atoms with Gasteiger partial charge in [0.2, 0.25) is 0 Å². The first-order valence-corrected chi connectivity index (χ1v) is 3.36. The molecular weight excluding hydrogens is 124 g/mol. The summed E-state index contributed by atoms with van der Waals surface area (Å²) in [7, 11) is 0. The number of hydrogen-bond donors (Lipinski definition) is 1. The maximum Gasteiger partial charge on any atom is 0.145 e. The van der Waals surface area contributed by atoms with Crippen molar-refractivity contribution in [2.45, 2.75) is 25.5 Å². The molecule has 0 aliphatic carbocycles. The van der Waals surface area contributed by atoms with Gasteiger partial charge in [0.05, 0.1) is 5.25 Å². The fourth-order valence-corrected chi connectivity index (χ4v) is 0.734. The van der Waals surface area contributed by atoms with Crippen molar-refractivity contribution in [2.24, 2.45) is 0 Å². The number of rotatable bonds is 3. The van der Waals surface area contributed by atoms with E-state index in [1.54, 1.807) is 0 Å². The molecule has 0 aliphatic rings. The molecule has 8 heavy (non-hydrogen) atoms. The van der Waals surface area contributed by atoms with Crippen molar-refractivity contribution in [3.05, 3.63) is 0 Å². The van der Waals surface area contributed by atoms with E-state index >= 15 is 0 Å². The van der Waals surface area contributed by atoms with Gasteiger partial charge in [-0.2, -0.15) is 0 Å². The molecule has 0 aromatic carbocycles. The van der Waals surface area contributed by atoms with Crippen LogP contribution in [0.4, 0.5) is 0 Å². The molecule has 3 heteroatoms. The van der Waals surface area contributed by atoms with E-state index in [1.165, 1.54) is 6.92 Å². The molecule has 0 spiro atoms. The molecule has 1 atom stereocenters. The molecule has 0 rings (SSSR count). The molecule has 0 saturated heterocycles. The summed E-state index contributed by atoms with van der Waals surface area (Å²) >= 11 is 0.628. The Morgan fingerprint density at radius 2 is 2.38 bits per heavy atom. The standard InChI is InChI=1S/C5H10O2S/c1-3-5(8-7)4(2)6/h5,7H,3H2,1-2H3. The highest BCUT2D eigenvalue weighted by Crippen LogP contribution is 2.09. The van der Waals surface area contributed by atoms with Crippen LogP contribution in [0.15, 0.2) is 0 Å². The summed E-state index contributed by atoms with van der Waals surface area (Å²) in [5, 5.41) is -0.213. The van der Waals surface area contributed by atoms with Gasteiger partial charge in [-0.15, -0.1) is 0 Å². The Kier molecular flexibility index (Phi) is 3.91. The lowest BCUT2D eigenvalue weighted by molar-refractivity contribution is -0.116. The zero-order chi connectivity index (χ0) is 6.57.